The van der Waals surface area contributed by atoms with E-state index in [1.54, 1.807) is 6.08 Å². The summed E-state index contributed by atoms with van der Waals surface area (Å²) in [5.74, 6) is 0.390. The number of carboxylic acids is 1. The van der Waals surface area contributed by atoms with Crippen molar-refractivity contribution in [1.82, 2.24) is 0 Å². The minimum atomic E-state index is -0.873. The highest BCUT2D eigenvalue weighted by atomic mass is 16.4. The summed E-state index contributed by atoms with van der Waals surface area (Å²) in [5.41, 5.74) is 0. The Kier molecular flexibility index (Phi) is 8.72. The summed E-state index contributed by atoms with van der Waals surface area (Å²) in [6, 6.07) is 0. The molecule has 0 aromatic rings. The second-order valence-corrected chi connectivity index (χ2v) is 5.87. The number of hydrogen-bond acceptors (Lipinski definition) is 2. The van der Waals surface area contributed by atoms with Crippen molar-refractivity contribution in [3.8, 4) is 0 Å². The van der Waals surface area contributed by atoms with Crippen molar-refractivity contribution in [2.75, 3.05) is 0 Å². The van der Waals surface area contributed by atoms with E-state index >= 15 is 0 Å². The summed E-state index contributed by atoms with van der Waals surface area (Å²) in [6.45, 7) is 2.11. The molecule has 0 aromatic heterocycles. The van der Waals surface area contributed by atoms with Crippen molar-refractivity contribution in [1.29, 1.82) is 0 Å². The quantitative estimate of drug-likeness (QED) is 0.365. The van der Waals surface area contributed by atoms with Gasteiger partial charge < -0.3 is 5.11 Å². The number of carboxylic acid groups (broad SMARTS) is 1. The zero-order valence-corrected chi connectivity index (χ0v) is 13.1. The number of ketones is 1. The molecule has 1 aliphatic carbocycles. The van der Waals surface area contributed by atoms with E-state index in [2.05, 4.69) is 19.1 Å². The second kappa shape index (κ2) is 10.4. The van der Waals surface area contributed by atoms with Gasteiger partial charge in [-0.3, -0.25) is 4.79 Å². The number of Topliss-reactive ketones (excluding diaryl/α,β-unsaturated/α-hetero) is 1. The minimum absolute atomic E-state index is 0.250. The van der Waals surface area contributed by atoms with Crippen molar-refractivity contribution in [2.24, 2.45) is 11.8 Å². The fraction of sp³-hybridized carbons (Fsp3) is 0.667. The molecule has 0 saturated heterocycles. The number of hydrogen-bond donors (Lipinski definition) is 1. The Morgan fingerprint density at radius 3 is 2.76 bits per heavy atom. The molecular formula is C18H28O3. The molecule has 21 heavy (non-hydrogen) atoms. The maximum Gasteiger partial charge on any atom is 0.327 e. The summed E-state index contributed by atoms with van der Waals surface area (Å²) >= 11 is 0. The standard InChI is InChI=1S/C18H28O3/c1-2-3-7-11-16-15(13-14-17(16)19)10-8-5-4-6-9-12-18(20)21/h3,7,9,12,15-16H,2,4-6,8,10-11,13-14H2,1H3,(H,20,21)/b7-3-,12-9-/t15-,16+/m0/s1. The van der Waals surface area contributed by atoms with Gasteiger partial charge >= 0.3 is 5.97 Å². The lowest BCUT2D eigenvalue weighted by atomic mass is 9.87. The fourth-order valence-corrected chi connectivity index (χ4v) is 3.09. The predicted octanol–water partition coefficient (Wildman–Crippen LogP) is 4.53. The zero-order valence-electron chi connectivity index (χ0n) is 13.1. The van der Waals surface area contributed by atoms with Crippen LogP contribution in [0.3, 0.4) is 0 Å². The molecule has 1 saturated carbocycles. The first-order valence-corrected chi connectivity index (χ1v) is 8.22. The van der Waals surface area contributed by atoms with E-state index in [1.165, 1.54) is 6.08 Å². The second-order valence-electron chi connectivity index (χ2n) is 5.87. The Morgan fingerprint density at radius 1 is 1.24 bits per heavy atom. The smallest absolute Gasteiger partial charge is 0.327 e. The molecule has 1 rings (SSSR count). The summed E-state index contributed by atoms with van der Waals surface area (Å²) in [7, 11) is 0. The van der Waals surface area contributed by atoms with E-state index in [-0.39, 0.29) is 5.92 Å². The number of allylic oxidation sites excluding steroid dienone is 3. The third-order valence-corrected chi connectivity index (χ3v) is 4.24. The summed E-state index contributed by atoms with van der Waals surface area (Å²) in [5, 5.41) is 8.48. The van der Waals surface area contributed by atoms with E-state index < -0.39 is 5.97 Å². The largest absolute Gasteiger partial charge is 0.478 e. The van der Waals surface area contributed by atoms with Crippen LogP contribution in [0.2, 0.25) is 0 Å². The Hall–Kier alpha value is -1.38. The van der Waals surface area contributed by atoms with Crippen LogP contribution in [0.25, 0.3) is 0 Å². The molecule has 0 unspecified atom stereocenters. The summed E-state index contributed by atoms with van der Waals surface area (Å²) in [4.78, 5) is 22.2. The van der Waals surface area contributed by atoms with Gasteiger partial charge in [-0.2, -0.15) is 0 Å². The molecule has 3 heteroatoms. The van der Waals surface area contributed by atoms with Crippen molar-refractivity contribution < 1.29 is 14.7 Å². The lowest BCUT2D eigenvalue weighted by Gasteiger charge is -2.16. The molecule has 118 valence electrons. The monoisotopic (exact) mass is 292 g/mol. The van der Waals surface area contributed by atoms with Gasteiger partial charge in [0.2, 0.25) is 0 Å². The van der Waals surface area contributed by atoms with Crippen LogP contribution in [0.1, 0.15) is 64.7 Å². The maximum absolute atomic E-state index is 11.9. The molecule has 0 spiro atoms. The summed E-state index contributed by atoms with van der Waals surface area (Å²) < 4.78 is 0. The van der Waals surface area contributed by atoms with E-state index in [0.717, 1.165) is 57.8 Å². The Morgan fingerprint density at radius 2 is 2.05 bits per heavy atom. The van der Waals surface area contributed by atoms with Gasteiger partial charge in [0, 0.05) is 18.4 Å². The molecule has 3 nitrogen and oxygen atoms in total. The lowest BCUT2D eigenvalue weighted by Crippen LogP contribution is -2.14. The van der Waals surface area contributed by atoms with Gasteiger partial charge in [0.15, 0.2) is 0 Å². The first-order valence-electron chi connectivity index (χ1n) is 8.22. The van der Waals surface area contributed by atoms with Crippen LogP contribution in [-0.4, -0.2) is 16.9 Å². The van der Waals surface area contributed by atoms with Crippen molar-refractivity contribution in [3.63, 3.8) is 0 Å². The van der Waals surface area contributed by atoms with Gasteiger partial charge in [-0.15, -0.1) is 0 Å². The van der Waals surface area contributed by atoms with Crippen molar-refractivity contribution >= 4 is 11.8 Å². The highest BCUT2D eigenvalue weighted by molar-refractivity contribution is 5.83. The van der Waals surface area contributed by atoms with Gasteiger partial charge in [0.1, 0.15) is 5.78 Å². The fourth-order valence-electron chi connectivity index (χ4n) is 3.09. The highest BCUT2D eigenvalue weighted by Crippen LogP contribution is 2.35. The van der Waals surface area contributed by atoms with Crippen LogP contribution >= 0.6 is 0 Å². The first kappa shape index (κ1) is 17.7. The first-order chi connectivity index (χ1) is 10.1. The molecular weight excluding hydrogens is 264 g/mol. The molecule has 0 radical (unpaired) electrons. The van der Waals surface area contributed by atoms with E-state index in [0.29, 0.717) is 11.7 Å². The Balaban J connectivity index is 2.19. The molecule has 0 aliphatic heterocycles. The molecule has 0 heterocycles. The summed E-state index contributed by atoms with van der Waals surface area (Å²) in [6.07, 6.45) is 16.3. The topological polar surface area (TPSA) is 54.4 Å². The van der Waals surface area contributed by atoms with Gasteiger partial charge in [0.05, 0.1) is 0 Å². The number of aliphatic carboxylic acids is 1. The molecule has 0 amide bonds. The van der Waals surface area contributed by atoms with Crippen molar-refractivity contribution in [3.05, 3.63) is 24.3 Å². The van der Waals surface area contributed by atoms with Gasteiger partial charge in [-0.05, 0) is 44.4 Å². The third-order valence-electron chi connectivity index (χ3n) is 4.24. The maximum atomic E-state index is 11.9. The van der Waals surface area contributed by atoms with Gasteiger partial charge in [-0.1, -0.05) is 38.0 Å². The number of unbranched alkanes of at least 4 members (excludes halogenated alkanes) is 3. The van der Waals surface area contributed by atoms with Crippen LogP contribution in [0, 0.1) is 11.8 Å². The van der Waals surface area contributed by atoms with Crippen LogP contribution in [-0.2, 0) is 9.59 Å². The van der Waals surface area contributed by atoms with Crippen LogP contribution < -0.4 is 0 Å². The van der Waals surface area contributed by atoms with Crippen molar-refractivity contribution in [2.45, 2.75) is 64.7 Å². The van der Waals surface area contributed by atoms with E-state index in [1.807, 2.05) is 0 Å². The lowest BCUT2D eigenvalue weighted by molar-refractivity contribution is -0.131. The Labute approximate surface area is 128 Å². The average molecular weight is 292 g/mol. The molecule has 0 bridgehead atoms. The minimum Gasteiger partial charge on any atom is -0.478 e. The number of carbonyl (C=O) groups excluding carboxylic acids is 1. The van der Waals surface area contributed by atoms with E-state index in [4.69, 9.17) is 5.11 Å². The van der Waals surface area contributed by atoms with Gasteiger partial charge in [0.25, 0.3) is 0 Å². The average Bonchev–Trinajstić information content (AvgIpc) is 2.79. The van der Waals surface area contributed by atoms with Crippen LogP contribution in [0.5, 0.6) is 0 Å². The van der Waals surface area contributed by atoms with E-state index in [9.17, 15) is 9.59 Å². The molecule has 2 atom stereocenters. The number of carbonyl (C=O) groups is 2. The predicted molar refractivity (Wildman–Crippen MR) is 85.1 cm³/mol. The third kappa shape index (κ3) is 7.26. The zero-order chi connectivity index (χ0) is 15.5. The molecule has 0 aromatic carbocycles. The SMILES string of the molecule is CC/C=C\C[C@H]1C(=O)CC[C@@H]1CCCCC/C=C\C(=O)O. The number of rotatable bonds is 10. The molecule has 1 fully saturated rings. The van der Waals surface area contributed by atoms with Crippen LogP contribution in [0.4, 0.5) is 0 Å². The van der Waals surface area contributed by atoms with Crippen LogP contribution in [0.15, 0.2) is 24.3 Å². The Bertz CT molecular complexity index is 382. The highest BCUT2D eigenvalue weighted by Gasteiger charge is 2.32. The normalized spacial score (nSPS) is 22.6. The molecule has 1 N–H and O–H groups in total. The van der Waals surface area contributed by atoms with Gasteiger partial charge in [-0.25, -0.2) is 4.79 Å². The molecule has 1 aliphatic rings.